The molecule has 0 spiro atoms. The normalized spacial score (nSPS) is 6.92. The zero-order chi connectivity index (χ0) is 10.7. The number of carbonyl (C=O) groups excluding carboxylic acids is 2. The maximum absolute atomic E-state index is 8.00. The zero-order valence-electron chi connectivity index (χ0n) is 7.95. The molecule has 0 amide bonds. The molecule has 0 saturated carbocycles. The van der Waals surface area contributed by atoms with E-state index in [1.165, 1.54) is 5.56 Å². The molecular weight excluding hydrogens is 168 g/mol. The molecule has 0 N–H and O–H groups in total. The molecule has 0 aliphatic heterocycles. The van der Waals surface area contributed by atoms with Gasteiger partial charge in [0.05, 0.1) is 7.11 Å². The molecule has 0 aliphatic rings. The van der Waals surface area contributed by atoms with Crippen molar-refractivity contribution in [3.05, 3.63) is 29.8 Å². The van der Waals surface area contributed by atoms with Gasteiger partial charge in [-0.25, -0.2) is 0 Å². The van der Waals surface area contributed by atoms with Gasteiger partial charge >= 0.3 is 0 Å². The second-order valence-electron chi connectivity index (χ2n) is 2.02. The highest BCUT2D eigenvalue weighted by Gasteiger charge is 1.85. The average Bonchev–Trinajstić information content (AvgIpc) is 2.25. The second-order valence-corrected chi connectivity index (χ2v) is 2.02. The fraction of sp³-hybridized carbons (Fsp3) is 0.200. The predicted molar refractivity (Wildman–Crippen MR) is 52.0 cm³/mol. The van der Waals surface area contributed by atoms with E-state index < -0.39 is 0 Å². The number of hydrogen-bond donors (Lipinski definition) is 0. The lowest BCUT2D eigenvalue weighted by Crippen LogP contribution is -1.80. The molecule has 0 heterocycles. The summed E-state index contributed by atoms with van der Waals surface area (Å²) in [5, 5.41) is 0. The summed E-state index contributed by atoms with van der Waals surface area (Å²) in [6.45, 7) is 6.06. The quantitative estimate of drug-likeness (QED) is 0.663. The molecular formula is C10H14O3. The Bertz CT molecular complexity index is 204. The summed E-state index contributed by atoms with van der Waals surface area (Å²) in [6, 6.07) is 7.96. The number of methoxy groups -OCH3 is 1. The number of hydrogen-bond acceptors (Lipinski definition) is 3. The van der Waals surface area contributed by atoms with Crippen LogP contribution >= 0.6 is 0 Å². The fourth-order valence-corrected chi connectivity index (χ4v) is 0.674. The first-order valence-electron chi connectivity index (χ1n) is 3.51. The summed E-state index contributed by atoms with van der Waals surface area (Å²) in [6.07, 6.45) is 0. The molecule has 1 aromatic rings. The van der Waals surface area contributed by atoms with E-state index in [2.05, 4.69) is 6.92 Å². The molecule has 0 bridgehead atoms. The molecule has 0 aromatic heterocycles. The Morgan fingerprint density at radius 3 is 1.69 bits per heavy atom. The summed E-state index contributed by atoms with van der Waals surface area (Å²) in [4.78, 5) is 16.0. The third kappa shape index (κ3) is 6.75. The van der Waals surface area contributed by atoms with Gasteiger partial charge in [0.25, 0.3) is 0 Å². The van der Waals surface area contributed by atoms with Gasteiger partial charge in [0.2, 0.25) is 0 Å². The number of carbonyl (C=O) groups is 2. The van der Waals surface area contributed by atoms with E-state index >= 15 is 0 Å². The summed E-state index contributed by atoms with van der Waals surface area (Å²) in [5.74, 6) is 0.917. The van der Waals surface area contributed by atoms with Crippen molar-refractivity contribution in [2.45, 2.75) is 6.92 Å². The van der Waals surface area contributed by atoms with E-state index in [-0.39, 0.29) is 0 Å². The summed E-state index contributed by atoms with van der Waals surface area (Å²) >= 11 is 0. The third-order valence-corrected chi connectivity index (χ3v) is 1.26. The van der Waals surface area contributed by atoms with Crippen LogP contribution in [0.15, 0.2) is 24.3 Å². The van der Waals surface area contributed by atoms with Crippen molar-refractivity contribution >= 4 is 13.6 Å². The lowest BCUT2D eigenvalue weighted by atomic mass is 10.2. The van der Waals surface area contributed by atoms with E-state index in [9.17, 15) is 0 Å². The van der Waals surface area contributed by atoms with Crippen LogP contribution in [0, 0.1) is 6.92 Å². The van der Waals surface area contributed by atoms with Gasteiger partial charge in [0, 0.05) is 0 Å². The molecule has 0 radical (unpaired) electrons. The Labute approximate surface area is 78.3 Å². The Hall–Kier alpha value is -1.64. The molecule has 13 heavy (non-hydrogen) atoms. The van der Waals surface area contributed by atoms with Gasteiger partial charge in [0.15, 0.2) is 0 Å². The minimum absolute atomic E-state index is 0.917. The van der Waals surface area contributed by atoms with Crippen molar-refractivity contribution in [2.75, 3.05) is 7.11 Å². The van der Waals surface area contributed by atoms with Crippen LogP contribution < -0.4 is 4.74 Å². The fourth-order valence-electron chi connectivity index (χ4n) is 0.674. The minimum atomic E-state index is 0.917. The van der Waals surface area contributed by atoms with E-state index in [1.807, 2.05) is 37.8 Å². The molecule has 0 atom stereocenters. The lowest BCUT2D eigenvalue weighted by Gasteiger charge is -1.97. The largest absolute Gasteiger partial charge is 0.497 e. The monoisotopic (exact) mass is 182 g/mol. The van der Waals surface area contributed by atoms with Crippen LogP contribution in [0.1, 0.15) is 5.56 Å². The van der Waals surface area contributed by atoms with Crippen LogP contribution in [0.2, 0.25) is 0 Å². The van der Waals surface area contributed by atoms with Crippen molar-refractivity contribution in [1.82, 2.24) is 0 Å². The topological polar surface area (TPSA) is 43.4 Å². The molecule has 0 unspecified atom stereocenters. The zero-order valence-corrected chi connectivity index (χ0v) is 7.95. The Morgan fingerprint density at radius 2 is 1.38 bits per heavy atom. The summed E-state index contributed by atoms with van der Waals surface area (Å²) in [7, 11) is 1.67. The SMILES string of the molecule is C=O.C=O.COc1ccc(C)cc1. The lowest BCUT2D eigenvalue weighted by molar-refractivity contribution is -0.0987. The van der Waals surface area contributed by atoms with Gasteiger partial charge in [-0.15, -0.1) is 0 Å². The second kappa shape index (κ2) is 10.4. The van der Waals surface area contributed by atoms with Crippen molar-refractivity contribution in [1.29, 1.82) is 0 Å². The highest BCUT2D eigenvalue weighted by Crippen LogP contribution is 2.09. The molecule has 0 saturated heterocycles. The minimum Gasteiger partial charge on any atom is -0.497 e. The maximum Gasteiger partial charge on any atom is 0.118 e. The van der Waals surface area contributed by atoms with Gasteiger partial charge in [-0.2, -0.15) is 0 Å². The number of ether oxygens (including phenoxy) is 1. The molecule has 1 rings (SSSR count). The van der Waals surface area contributed by atoms with Crippen LogP contribution in [0.3, 0.4) is 0 Å². The van der Waals surface area contributed by atoms with Crippen LogP contribution in [0.5, 0.6) is 5.75 Å². The van der Waals surface area contributed by atoms with Crippen LogP contribution in [0.25, 0.3) is 0 Å². The first-order chi connectivity index (χ1) is 6.33. The first kappa shape index (κ1) is 13.9. The molecule has 72 valence electrons. The van der Waals surface area contributed by atoms with E-state index in [0.717, 1.165) is 5.75 Å². The maximum atomic E-state index is 8.00. The molecule has 3 nitrogen and oxygen atoms in total. The van der Waals surface area contributed by atoms with Crippen LogP contribution in [0.4, 0.5) is 0 Å². The molecule has 3 heteroatoms. The molecule has 1 aromatic carbocycles. The molecule has 0 fully saturated rings. The van der Waals surface area contributed by atoms with E-state index in [1.54, 1.807) is 7.11 Å². The summed E-state index contributed by atoms with van der Waals surface area (Å²) in [5.41, 5.74) is 1.26. The Kier molecular flexibility index (Phi) is 11.1. The van der Waals surface area contributed by atoms with Gasteiger partial charge in [-0.1, -0.05) is 17.7 Å². The third-order valence-electron chi connectivity index (χ3n) is 1.26. The standard InChI is InChI=1S/C8H10O.2CH2O/c1-7-3-5-8(9-2)6-4-7;2*1-2/h3-6H,1-2H3;2*1H2. The van der Waals surface area contributed by atoms with E-state index in [4.69, 9.17) is 14.3 Å². The number of benzene rings is 1. The number of aryl methyl sites for hydroxylation is 1. The van der Waals surface area contributed by atoms with Crippen molar-refractivity contribution in [3.8, 4) is 5.75 Å². The number of rotatable bonds is 1. The smallest absolute Gasteiger partial charge is 0.118 e. The van der Waals surface area contributed by atoms with Gasteiger partial charge in [-0.3, -0.25) is 0 Å². The Morgan fingerprint density at radius 1 is 1.00 bits per heavy atom. The van der Waals surface area contributed by atoms with E-state index in [0.29, 0.717) is 0 Å². The van der Waals surface area contributed by atoms with Crippen molar-refractivity contribution in [3.63, 3.8) is 0 Å². The van der Waals surface area contributed by atoms with Gasteiger partial charge in [0.1, 0.15) is 19.3 Å². The Balaban J connectivity index is 0. The van der Waals surface area contributed by atoms with Crippen LogP contribution in [-0.4, -0.2) is 20.7 Å². The van der Waals surface area contributed by atoms with Gasteiger partial charge < -0.3 is 14.3 Å². The first-order valence-corrected chi connectivity index (χ1v) is 3.51. The van der Waals surface area contributed by atoms with Gasteiger partial charge in [-0.05, 0) is 19.1 Å². The average molecular weight is 182 g/mol. The summed E-state index contributed by atoms with van der Waals surface area (Å²) < 4.78 is 4.97. The highest BCUT2D eigenvalue weighted by atomic mass is 16.5. The highest BCUT2D eigenvalue weighted by molar-refractivity contribution is 5.25. The van der Waals surface area contributed by atoms with Crippen molar-refractivity contribution < 1.29 is 14.3 Å². The predicted octanol–water partition coefficient (Wildman–Crippen LogP) is 1.63. The molecule has 0 aliphatic carbocycles. The van der Waals surface area contributed by atoms with Crippen LogP contribution in [-0.2, 0) is 9.59 Å². The van der Waals surface area contributed by atoms with Crippen molar-refractivity contribution in [2.24, 2.45) is 0 Å².